The Morgan fingerprint density at radius 1 is 1.19 bits per heavy atom. The Kier molecular flexibility index (Phi) is 6.45. The molecule has 1 amide bonds. The summed E-state index contributed by atoms with van der Waals surface area (Å²) in [5, 5.41) is 3.53. The van der Waals surface area contributed by atoms with Crippen LogP contribution in [0.15, 0.2) is 0 Å². The topological polar surface area (TPSA) is 38.8 Å². The van der Waals surface area contributed by atoms with Crippen molar-refractivity contribution in [3.63, 3.8) is 0 Å². The highest BCUT2D eigenvalue weighted by Gasteiger charge is 2.30. The first-order chi connectivity index (χ1) is 10.1. The average Bonchev–Trinajstić information content (AvgIpc) is 2.48. The van der Waals surface area contributed by atoms with Crippen molar-refractivity contribution >= 4 is 5.91 Å². The summed E-state index contributed by atoms with van der Waals surface area (Å²) in [6.07, 6.45) is 3.73. The molecule has 2 unspecified atom stereocenters. The van der Waals surface area contributed by atoms with Gasteiger partial charge in [0.05, 0.1) is 6.54 Å². The number of amides is 1. The molecule has 2 aliphatic heterocycles. The maximum Gasteiger partial charge on any atom is 0.236 e. The molecule has 2 fully saturated rings. The van der Waals surface area contributed by atoms with Gasteiger partial charge in [0.2, 0.25) is 5.91 Å². The van der Waals surface area contributed by atoms with Gasteiger partial charge in [0.15, 0.2) is 0 Å². The Bertz CT molecular complexity index is 328. The monoisotopic (exact) mass is 296 g/mol. The van der Waals surface area contributed by atoms with Crippen molar-refractivity contribution in [2.75, 3.05) is 52.9 Å². The first-order valence-electron chi connectivity index (χ1n) is 8.55. The molecular formula is C16H32N4O. The Morgan fingerprint density at radius 3 is 2.57 bits per heavy atom. The van der Waals surface area contributed by atoms with Gasteiger partial charge in [-0.15, -0.1) is 0 Å². The summed E-state index contributed by atoms with van der Waals surface area (Å²) in [6, 6.07) is 0.978. The summed E-state index contributed by atoms with van der Waals surface area (Å²) < 4.78 is 0. The van der Waals surface area contributed by atoms with Crippen LogP contribution >= 0.6 is 0 Å². The zero-order valence-corrected chi connectivity index (χ0v) is 14.0. The fourth-order valence-corrected chi connectivity index (χ4v) is 3.57. The molecule has 0 aliphatic carbocycles. The van der Waals surface area contributed by atoms with E-state index in [2.05, 4.69) is 36.0 Å². The molecule has 2 saturated heterocycles. The number of piperidine rings is 1. The van der Waals surface area contributed by atoms with Crippen LogP contribution in [0.4, 0.5) is 0 Å². The van der Waals surface area contributed by atoms with Crippen LogP contribution in [0.3, 0.4) is 0 Å². The van der Waals surface area contributed by atoms with Crippen molar-refractivity contribution in [3.8, 4) is 0 Å². The Hall–Kier alpha value is -0.650. The van der Waals surface area contributed by atoms with E-state index in [1.165, 1.54) is 19.3 Å². The molecule has 122 valence electrons. The van der Waals surface area contributed by atoms with Gasteiger partial charge in [-0.25, -0.2) is 0 Å². The van der Waals surface area contributed by atoms with Crippen LogP contribution < -0.4 is 5.32 Å². The third kappa shape index (κ3) is 4.66. The highest BCUT2D eigenvalue weighted by molar-refractivity contribution is 5.78. The highest BCUT2D eigenvalue weighted by atomic mass is 16.2. The van der Waals surface area contributed by atoms with Crippen molar-refractivity contribution in [3.05, 3.63) is 0 Å². The van der Waals surface area contributed by atoms with Crippen LogP contribution in [0.2, 0.25) is 0 Å². The average molecular weight is 296 g/mol. The van der Waals surface area contributed by atoms with Gasteiger partial charge < -0.3 is 15.1 Å². The van der Waals surface area contributed by atoms with Crippen LogP contribution in [0.5, 0.6) is 0 Å². The molecule has 2 heterocycles. The molecule has 2 rings (SSSR count). The van der Waals surface area contributed by atoms with Crippen LogP contribution in [-0.4, -0.2) is 85.6 Å². The predicted molar refractivity (Wildman–Crippen MR) is 86.4 cm³/mol. The van der Waals surface area contributed by atoms with Crippen molar-refractivity contribution in [2.45, 2.75) is 45.2 Å². The second kappa shape index (κ2) is 8.11. The number of likely N-dealkylation sites (N-methyl/N-ethyl adjacent to an activating group) is 2. The van der Waals surface area contributed by atoms with E-state index in [0.717, 1.165) is 39.3 Å². The molecule has 0 aromatic heterocycles. The van der Waals surface area contributed by atoms with E-state index < -0.39 is 0 Å². The standard InChI is InChI=1S/C16H32N4O/c1-4-17-14(2)15-7-5-6-8-20(15)13-16(21)19-11-9-18(3)10-12-19/h14-15,17H,4-13H2,1-3H3. The summed E-state index contributed by atoms with van der Waals surface area (Å²) in [7, 11) is 2.13. The normalized spacial score (nSPS) is 26.8. The first-order valence-corrected chi connectivity index (χ1v) is 8.55. The van der Waals surface area contributed by atoms with Gasteiger partial charge in [0.1, 0.15) is 0 Å². The van der Waals surface area contributed by atoms with E-state index in [0.29, 0.717) is 24.5 Å². The smallest absolute Gasteiger partial charge is 0.236 e. The van der Waals surface area contributed by atoms with E-state index >= 15 is 0 Å². The van der Waals surface area contributed by atoms with Gasteiger partial charge in [0, 0.05) is 38.3 Å². The second-order valence-corrected chi connectivity index (χ2v) is 6.56. The number of hydrogen-bond acceptors (Lipinski definition) is 4. The Labute approximate surface area is 129 Å². The summed E-state index contributed by atoms with van der Waals surface area (Å²) in [4.78, 5) is 19.3. The molecule has 2 atom stereocenters. The predicted octanol–water partition coefficient (Wildman–Crippen LogP) is 0.613. The number of carbonyl (C=O) groups is 1. The molecule has 2 aliphatic rings. The van der Waals surface area contributed by atoms with E-state index in [1.54, 1.807) is 0 Å². The first kappa shape index (κ1) is 16.7. The summed E-state index contributed by atoms with van der Waals surface area (Å²) in [6.45, 7) is 10.9. The van der Waals surface area contributed by atoms with E-state index in [-0.39, 0.29) is 0 Å². The number of piperazine rings is 1. The molecule has 0 radical (unpaired) electrons. The number of likely N-dealkylation sites (tertiary alicyclic amines) is 1. The van der Waals surface area contributed by atoms with Crippen LogP contribution in [0, 0.1) is 0 Å². The molecule has 0 aromatic carbocycles. The fraction of sp³-hybridized carbons (Fsp3) is 0.938. The molecule has 0 saturated carbocycles. The molecule has 5 nitrogen and oxygen atoms in total. The third-order valence-electron chi connectivity index (χ3n) is 4.96. The maximum absolute atomic E-state index is 12.5. The van der Waals surface area contributed by atoms with E-state index in [9.17, 15) is 4.79 Å². The zero-order chi connectivity index (χ0) is 15.2. The lowest BCUT2D eigenvalue weighted by Crippen LogP contribution is -2.55. The van der Waals surface area contributed by atoms with E-state index in [4.69, 9.17) is 0 Å². The SMILES string of the molecule is CCNC(C)C1CCCCN1CC(=O)N1CCN(C)CC1. The molecule has 0 bridgehead atoms. The summed E-state index contributed by atoms with van der Waals surface area (Å²) >= 11 is 0. The van der Waals surface area contributed by atoms with Crippen LogP contribution in [0.25, 0.3) is 0 Å². The largest absolute Gasteiger partial charge is 0.339 e. The summed E-state index contributed by atoms with van der Waals surface area (Å²) in [5.41, 5.74) is 0. The number of rotatable bonds is 5. The van der Waals surface area contributed by atoms with Gasteiger partial charge in [-0.2, -0.15) is 0 Å². The molecule has 21 heavy (non-hydrogen) atoms. The molecule has 1 N–H and O–H groups in total. The van der Waals surface area contributed by atoms with Crippen molar-refractivity contribution in [1.29, 1.82) is 0 Å². The Balaban J connectivity index is 1.87. The lowest BCUT2D eigenvalue weighted by molar-refractivity contribution is -0.135. The lowest BCUT2D eigenvalue weighted by Gasteiger charge is -2.40. The molecule has 5 heteroatoms. The third-order valence-corrected chi connectivity index (χ3v) is 4.96. The number of nitrogens with one attached hydrogen (secondary N) is 1. The van der Waals surface area contributed by atoms with Crippen molar-refractivity contribution in [1.82, 2.24) is 20.0 Å². The Morgan fingerprint density at radius 2 is 1.90 bits per heavy atom. The van der Waals surface area contributed by atoms with Gasteiger partial charge >= 0.3 is 0 Å². The zero-order valence-electron chi connectivity index (χ0n) is 14.0. The van der Waals surface area contributed by atoms with Crippen molar-refractivity contribution < 1.29 is 4.79 Å². The molecule has 0 aromatic rings. The van der Waals surface area contributed by atoms with Gasteiger partial charge in [-0.3, -0.25) is 9.69 Å². The number of nitrogens with zero attached hydrogens (tertiary/aromatic N) is 3. The fourth-order valence-electron chi connectivity index (χ4n) is 3.57. The molecule has 0 spiro atoms. The number of carbonyl (C=O) groups excluding carboxylic acids is 1. The quantitative estimate of drug-likeness (QED) is 0.807. The minimum absolute atomic E-state index is 0.318. The van der Waals surface area contributed by atoms with Crippen molar-refractivity contribution in [2.24, 2.45) is 0 Å². The van der Waals surface area contributed by atoms with Gasteiger partial charge in [-0.05, 0) is 39.9 Å². The number of hydrogen-bond donors (Lipinski definition) is 1. The summed E-state index contributed by atoms with van der Waals surface area (Å²) in [5.74, 6) is 0.318. The maximum atomic E-state index is 12.5. The van der Waals surface area contributed by atoms with Gasteiger partial charge in [-0.1, -0.05) is 13.3 Å². The lowest BCUT2D eigenvalue weighted by atomic mass is 9.96. The second-order valence-electron chi connectivity index (χ2n) is 6.56. The minimum Gasteiger partial charge on any atom is -0.339 e. The van der Waals surface area contributed by atoms with E-state index in [1.807, 2.05) is 4.90 Å². The highest BCUT2D eigenvalue weighted by Crippen LogP contribution is 2.20. The van der Waals surface area contributed by atoms with Crippen LogP contribution in [-0.2, 0) is 4.79 Å². The van der Waals surface area contributed by atoms with Gasteiger partial charge in [0.25, 0.3) is 0 Å². The minimum atomic E-state index is 0.318. The molecular weight excluding hydrogens is 264 g/mol. The van der Waals surface area contributed by atoms with Crippen LogP contribution in [0.1, 0.15) is 33.1 Å².